The number of hydrogen-bond acceptors (Lipinski definition) is 6. The Bertz CT molecular complexity index is 858. The number of ether oxygens (including phenoxy) is 1. The van der Waals surface area contributed by atoms with Crippen molar-refractivity contribution in [3.63, 3.8) is 0 Å². The minimum atomic E-state index is -0.981. The summed E-state index contributed by atoms with van der Waals surface area (Å²) in [7, 11) is 1.55. The van der Waals surface area contributed by atoms with Crippen LogP contribution >= 0.6 is 11.3 Å². The van der Waals surface area contributed by atoms with Crippen molar-refractivity contribution in [3.8, 4) is 6.07 Å². The van der Waals surface area contributed by atoms with E-state index in [1.54, 1.807) is 42.8 Å². The maximum atomic E-state index is 12.3. The topological polar surface area (TPSA) is 99.5 Å². The van der Waals surface area contributed by atoms with Crippen LogP contribution in [0.25, 0.3) is 0 Å². The number of nitrogens with zero attached hydrogens (tertiary/aromatic N) is 2. The molecule has 0 bridgehead atoms. The van der Waals surface area contributed by atoms with E-state index in [9.17, 15) is 14.4 Å². The van der Waals surface area contributed by atoms with Crippen LogP contribution in [0.4, 0.5) is 5.69 Å². The molecule has 0 saturated carbocycles. The summed E-state index contributed by atoms with van der Waals surface area (Å²) < 4.78 is 5.21. The Morgan fingerprint density at radius 1 is 1.30 bits per heavy atom. The van der Waals surface area contributed by atoms with Gasteiger partial charge in [0.1, 0.15) is 0 Å². The maximum absolute atomic E-state index is 12.3. The van der Waals surface area contributed by atoms with Crippen LogP contribution < -0.4 is 5.32 Å². The van der Waals surface area contributed by atoms with Crippen molar-refractivity contribution in [2.45, 2.75) is 19.4 Å². The number of rotatable bonds is 7. The van der Waals surface area contributed by atoms with E-state index in [-0.39, 0.29) is 30.3 Å². The van der Waals surface area contributed by atoms with E-state index >= 15 is 0 Å². The van der Waals surface area contributed by atoms with E-state index in [1.807, 2.05) is 6.07 Å². The minimum absolute atomic E-state index is 0.203. The van der Waals surface area contributed by atoms with Crippen molar-refractivity contribution in [1.82, 2.24) is 4.90 Å². The van der Waals surface area contributed by atoms with Crippen LogP contribution in [0, 0.1) is 11.3 Å². The van der Waals surface area contributed by atoms with Gasteiger partial charge in [-0.15, -0.1) is 11.3 Å². The molecule has 1 N–H and O–H groups in total. The van der Waals surface area contributed by atoms with Gasteiger partial charge in [0.05, 0.1) is 22.9 Å². The monoisotopic (exact) mass is 385 g/mol. The standard InChI is InChI=1S/C19H19N3O4S/c1-13(18(24)22(2)10-5-9-20)26-19(25)14-6-3-7-15(12-14)21-17(23)16-8-4-11-27-16/h3-4,6-8,11-13H,5,10H2,1-2H3,(H,21,23)/t13-/m1/s1. The van der Waals surface area contributed by atoms with Crippen molar-refractivity contribution in [2.75, 3.05) is 18.9 Å². The number of anilines is 1. The average Bonchev–Trinajstić information content (AvgIpc) is 3.20. The molecule has 1 heterocycles. The first kappa shape index (κ1) is 20.1. The number of likely N-dealkylation sites (N-methyl/N-ethyl adjacent to an activating group) is 1. The van der Waals surface area contributed by atoms with E-state index in [2.05, 4.69) is 5.32 Å². The molecule has 140 valence electrons. The van der Waals surface area contributed by atoms with Gasteiger partial charge in [-0.2, -0.15) is 5.26 Å². The second kappa shape index (κ2) is 9.50. The molecule has 2 amide bonds. The molecule has 0 fully saturated rings. The Balaban J connectivity index is 1.99. The fourth-order valence-electron chi connectivity index (χ4n) is 2.24. The lowest BCUT2D eigenvalue weighted by Crippen LogP contribution is -2.37. The predicted octanol–water partition coefficient (Wildman–Crippen LogP) is 2.92. The van der Waals surface area contributed by atoms with E-state index in [0.717, 1.165) is 0 Å². The molecule has 27 heavy (non-hydrogen) atoms. The number of nitrogens with one attached hydrogen (secondary N) is 1. The summed E-state index contributed by atoms with van der Waals surface area (Å²) in [6.45, 7) is 1.74. The summed E-state index contributed by atoms with van der Waals surface area (Å²) in [5.74, 6) is -1.32. The lowest BCUT2D eigenvalue weighted by Gasteiger charge is -2.20. The van der Waals surface area contributed by atoms with E-state index < -0.39 is 12.1 Å². The summed E-state index contributed by atoms with van der Waals surface area (Å²) in [6.07, 6.45) is -0.778. The van der Waals surface area contributed by atoms with Crippen LogP contribution in [0.1, 0.15) is 33.4 Å². The zero-order valence-corrected chi connectivity index (χ0v) is 15.8. The Labute approximate surface area is 161 Å². The lowest BCUT2D eigenvalue weighted by atomic mass is 10.2. The summed E-state index contributed by atoms with van der Waals surface area (Å²) >= 11 is 1.31. The molecule has 0 saturated heterocycles. The number of nitriles is 1. The first-order valence-electron chi connectivity index (χ1n) is 8.20. The highest BCUT2D eigenvalue weighted by atomic mass is 32.1. The molecule has 1 aromatic heterocycles. The molecule has 0 radical (unpaired) electrons. The Hall–Kier alpha value is -3.18. The van der Waals surface area contributed by atoms with Crippen molar-refractivity contribution >= 4 is 34.8 Å². The second-order valence-electron chi connectivity index (χ2n) is 5.73. The molecule has 0 aliphatic carbocycles. The molecule has 7 nitrogen and oxygen atoms in total. The van der Waals surface area contributed by atoms with E-state index in [1.165, 1.54) is 29.2 Å². The fraction of sp³-hybridized carbons (Fsp3) is 0.263. The van der Waals surface area contributed by atoms with Gasteiger partial charge in [0.25, 0.3) is 11.8 Å². The van der Waals surface area contributed by atoms with Crippen LogP contribution in [-0.2, 0) is 9.53 Å². The minimum Gasteiger partial charge on any atom is -0.449 e. The molecule has 0 aliphatic rings. The van der Waals surface area contributed by atoms with Crippen LogP contribution in [0.3, 0.4) is 0 Å². The first-order chi connectivity index (χ1) is 12.9. The van der Waals surface area contributed by atoms with Crippen molar-refractivity contribution < 1.29 is 19.1 Å². The van der Waals surface area contributed by atoms with Gasteiger partial charge in [-0.25, -0.2) is 4.79 Å². The third kappa shape index (κ3) is 5.66. The highest BCUT2D eigenvalue weighted by Crippen LogP contribution is 2.16. The molecule has 1 aromatic carbocycles. The molecule has 0 aliphatic heterocycles. The number of carbonyl (C=O) groups excluding carboxylic acids is 3. The van der Waals surface area contributed by atoms with Crippen LogP contribution in [0.5, 0.6) is 0 Å². The fourth-order valence-corrected chi connectivity index (χ4v) is 2.86. The second-order valence-corrected chi connectivity index (χ2v) is 6.68. The molecule has 1 atom stereocenters. The van der Waals surface area contributed by atoms with Crippen LogP contribution in [0.2, 0.25) is 0 Å². The van der Waals surface area contributed by atoms with Crippen molar-refractivity contribution in [2.24, 2.45) is 0 Å². The SMILES string of the molecule is C[C@@H](OC(=O)c1cccc(NC(=O)c2cccs2)c1)C(=O)N(C)CCC#N. The number of benzene rings is 1. The summed E-state index contributed by atoms with van der Waals surface area (Å²) in [5.41, 5.74) is 0.672. The lowest BCUT2D eigenvalue weighted by molar-refractivity contribution is -0.138. The van der Waals surface area contributed by atoms with Gasteiger partial charge in [0.15, 0.2) is 6.10 Å². The molecular formula is C19H19N3O4S. The van der Waals surface area contributed by atoms with E-state index in [0.29, 0.717) is 10.6 Å². The number of amides is 2. The van der Waals surface area contributed by atoms with Gasteiger partial charge in [0.2, 0.25) is 0 Å². The number of hydrogen-bond donors (Lipinski definition) is 1. The Morgan fingerprint density at radius 2 is 2.07 bits per heavy atom. The van der Waals surface area contributed by atoms with Crippen molar-refractivity contribution in [1.29, 1.82) is 5.26 Å². The molecular weight excluding hydrogens is 366 g/mol. The van der Waals surface area contributed by atoms with Crippen LogP contribution in [0.15, 0.2) is 41.8 Å². The van der Waals surface area contributed by atoms with Gasteiger partial charge in [-0.1, -0.05) is 12.1 Å². The number of carbonyl (C=O) groups is 3. The number of esters is 1. The molecule has 2 rings (SSSR count). The normalized spacial score (nSPS) is 11.1. The highest BCUT2D eigenvalue weighted by Gasteiger charge is 2.22. The summed E-state index contributed by atoms with van der Waals surface area (Å²) in [4.78, 5) is 38.4. The zero-order chi connectivity index (χ0) is 19.8. The maximum Gasteiger partial charge on any atom is 0.338 e. The quantitative estimate of drug-likeness (QED) is 0.739. The average molecular weight is 385 g/mol. The van der Waals surface area contributed by atoms with Gasteiger partial charge in [0, 0.05) is 19.3 Å². The highest BCUT2D eigenvalue weighted by molar-refractivity contribution is 7.12. The van der Waals surface area contributed by atoms with E-state index in [4.69, 9.17) is 10.00 Å². The number of thiophene rings is 1. The predicted molar refractivity (Wildman–Crippen MR) is 101 cm³/mol. The third-order valence-electron chi connectivity index (χ3n) is 3.67. The molecule has 8 heteroatoms. The molecule has 2 aromatic rings. The zero-order valence-electron chi connectivity index (χ0n) is 15.0. The van der Waals surface area contributed by atoms with Gasteiger partial charge < -0.3 is 15.0 Å². The largest absolute Gasteiger partial charge is 0.449 e. The van der Waals surface area contributed by atoms with Gasteiger partial charge >= 0.3 is 5.97 Å². The summed E-state index contributed by atoms with van der Waals surface area (Å²) in [5, 5.41) is 13.1. The Morgan fingerprint density at radius 3 is 2.74 bits per heavy atom. The first-order valence-corrected chi connectivity index (χ1v) is 9.08. The molecule has 0 spiro atoms. The summed E-state index contributed by atoms with van der Waals surface area (Å²) in [6, 6.07) is 11.7. The third-order valence-corrected chi connectivity index (χ3v) is 4.54. The smallest absolute Gasteiger partial charge is 0.338 e. The van der Waals surface area contributed by atoms with Gasteiger partial charge in [-0.05, 0) is 36.6 Å². The van der Waals surface area contributed by atoms with Crippen LogP contribution in [-0.4, -0.2) is 42.4 Å². The van der Waals surface area contributed by atoms with Gasteiger partial charge in [-0.3, -0.25) is 9.59 Å². The molecule has 0 unspecified atom stereocenters. The van der Waals surface area contributed by atoms with Crippen molar-refractivity contribution in [3.05, 3.63) is 52.2 Å². The Kier molecular flexibility index (Phi) is 7.08.